The molecule has 1 aromatic heterocycles. The number of aryl methyl sites for hydroxylation is 1. The van der Waals surface area contributed by atoms with Crippen molar-refractivity contribution >= 4 is 17.7 Å². The van der Waals surface area contributed by atoms with E-state index in [1.165, 1.54) is 4.90 Å². The van der Waals surface area contributed by atoms with Crippen molar-refractivity contribution < 1.29 is 14.3 Å². The van der Waals surface area contributed by atoms with Gasteiger partial charge in [0.2, 0.25) is 5.91 Å². The van der Waals surface area contributed by atoms with E-state index in [0.29, 0.717) is 12.4 Å². The summed E-state index contributed by atoms with van der Waals surface area (Å²) in [6.45, 7) is 0.681. The molecule has 0 bridgehead atoms. The number of carbonyl (C=O) groups is 2. The molecule has 0 spiro atoms. The standard InChI is InChI=1S/C18H23N5O3/c1-21(2)14-6-4-13(5-7-14)10-20-17(24)15-12-26-18(25)23(15)11-16-19-8-9-22(16)3/h4-9,15H,10-12H2,1-3H3,(H,20,24)/t15-/m0/s1. The van der Waals surface area contributed by atoms with Gasteiger partial charge < -0.3 is 19.5 Å². The number of amides is 2. The van der Waals surface area contributed by atoms with Gasteiger partial charge in [0.15, 0.2) is 0 Å². The molecular weight excluding hydrogens is 334 g/mol. The highest BCUT2D eigenvalue weighted by atomic mass is 16.6. The van der Waals surface area contributed by atoms with Crippen LogP contribution in [-0.4, -0.2) is 53.2 Å². The Morgan fingerprint density at radius 1 is 1.35 bits per heavy atom. The molecule has 1 saturated heterocycles. The molecule has 8 nitrogen and oxygen atoms in total. The van der Waals surface area contributed by atoms with E-state index in [9.17, 15) is 9.59 Å². The monoisotopic (exact) mass is 357 g/mol. The fraction of sp³-hybridized carbons (Fsp3) is 0.389. The number of anilines is 1. The van der Waals surface area contributed by atoms with Gasteiger partial charge >= 0.3 is 6.09 Å². The summed E-state index contributed by atoms with van der Waals surface area (Å²) >= 11 is 0. The molecular formula is C18H23N5O3. The van der Waals surface area contributed by atoms with Crippen molar-refractivity contribution in [1.82, 2.24) is 19.8 Å². The molecule has 0 unspecified atom stereocenters. The molecule has 1 aliphatic heterocycles. The third-order valence-electron chi connectivity index (χ3n) is 4.43. The minimum Gasteiger partial charge on any atom is -0.447 e. The molecule has 0 radical (unpaired) electrons. The molecule has 2 heterocycles. The topological polar surface area (TPSA) is 79.7 Å². The molecule has 1 atom stereocenters. The van der Waals surface area contributed by atoms with Gasteiger partial charge in [-0.3, -0.25) is 9.69 Å². The van der Waals surface area contributed by atoms with Crippen LogP contribution in [0.2, 0.25) is 0 Å². The lowest BCUT2D eigenvalue weighted by atomic mass is 10.2. The number of nitrogens with one attached hydrogen (secondary N) is 1. The number of ether oxygens (including phenoxy) is 1. The van der Waals surface area contributed by atoms with Crippen LogP contribution in [0.25, 0.3) is 0 Å². The van der Waals surface area contributed by atoms with Crippen molar-refractivity contribution in [2.75, 3.05) is 25.6 Å². The number of aromatic nitrogens is 2. The van der Waals surface area contributed by atoms with Gasteiger partial charge in [-0.05, 0) is 17.7 Å². The van der Waals surface area contributed by atoms with E-state index in [4.69, 9.17) is 4.74 Å². The van der Waals surface area contributed by atoms with Crippen LogP contribution < -0.4 is 10.2 Å². The summed E-state index contributed by atoms with van der Waals surface area (Å²) in [5.41, 5.74) is 2.08. The maximum Gasteiger partial charge on any atom is 0.411 e. The molecule has 138 valence electrons. The van der Waals surface area contributed by atoms with Crippen LogP contribution in [0.4, 0.5) is 10.5 Å². The Morgan fingerprint density at radius 3 is 2.69 bits per heavy atom. The van der Waals surface area contributed by atoms with E-state index in [1.54, 1.807) is 12.4 Å². The van der Waals surface area contributed by atoms with Crippen molar-refractivity contribution in [1.29, 1.82) is 0 Å². The Hall–Kier alpha value is -3.03. The van der Waals surface area contributed by atoms with E-state index < -0.39 is 12.1 Å². The third-order valence-corrected chi connectivity index (χ3v) is 4.43. The second-order valence-corrected chi connectivity index (χ2v) is 6.45. The number of carbonyl (C=O) groups excluding carboxylic acids is 2. The first-order valence-electron chi connectivity index (χ1n) is 8.39. The van der Waals surface area contributed by atoms with Crippen LogP contribution in [-0.2, 0) is 29.7 Å². The number of nitrogens with zero attached hydrogens (tertiary/aromatic N) is 4. The molecule has 1 aromatic carbocycles. The highest BCUT2D eigenvalue weighted by Crippen LogP contribution is 2.17. The number of imidazole rings is 1. The van der Waals surface area contributed by atoms with E-state index >= 15 is 0 Å². The minimum absolute atomic E-state index is 0.0503. The van der Waals surface area contributed by atoms with Crippen LogP contribution in [0, 0.1) is 0 Å². The maximum atomic E-state index is 12.5. The molecule has 2 amide bonds. The Bertz CT molecular complexity index is 784. The van der Waals surface area contributed by atoms with Crippen molar-refractivity contribution in [2.24, 2.45) is 7.05 Å². The second-order valence-electron chi connectivity index (χ2n) is 6.45. The predicted octanol–water partition coefficient (Wildman–Crippen LogP) is 1.12. The number of benzene rings is 1. The first-order chi connectivity index (χ1) is 12.5. The number of cyclic esters (lactones) is 1. The average Bonchev–Trinajstić information content (AvgIpc) is 3.20. The number of hydrogen-bond acceptors (Lipinski definition) is 5. The lowest BCUT2D eigenvalue weighted by molar-refractivity contribution is -0.125. The van der Waals surface area contributed by atoms with Crippen LogP contribution in [0.5, 0.6) is 0 Å². The Labute approximate surface area is 152 Å². The molecule has 2 aromatic rings. The number of rotatable bonds is 6. The van der Waals surface area contributed by atoms with Gasteiger partial charge in [0.1, 0.15) is 18.5 Å². The van der Waals surface area contributed by atoms with Crippen molar-refractivity contribution in [3.63, 3.8) is 0 Å². The molecule has 8 heteroatoms. The van der Waals surface area contributed by atoms with Gasteiger partial charge in [-0.1, -0.05) is 12.1 Å². The zero-order chi connectivity index (χ0) is 18.7. The van der Waals surface area contributed by atoms with Gasteiger partial charge in [-0.2, -0.15) is 0 Å². The zero-order valence-corrected chi connectivity index (χ0v) is 15.2. The first-order valence-corrected chi connectivity index (χ1v) is 8.39. The summed E-state index contributed by atoms with van der Waals surface area (Å²) in [7, 11) is 5.80. The smallest absolute Gasteiger partial charge is 0.411 e. The normalized spacial score (nSPS) is 16.5. The Balaban J connectivity index is 1.61. The van der Waals surface area contributed by atoms with Crippen LogP contribution in [0.3, 0.4) is 0 Å². The predicted molar refractivity (Wildman–Crippen MR) is 96.5 cm³/mol. The Kier molecular flexibility index (Phi) is 5.11. The average molecular weight is 357 g/mol. The number of hydrogen-bond donors (Lipinski definition) is 1. The van der Waals surface area contributed by atoms with E-state index in [-0.39, 0.29) is 19.1 Å². The molecule has 26 heavy (non-hydrogen) atoms. The minimum atomic E-state index is -0.653. The summed E-state index contributed by atoms with van der Waals surface area (Å²) < 4.78 is 6.88. The van der Waals surface area contributed by atoms with Gasteiger partial charge in [-0.15, -0.1) is 0 Å². The quantitative estimate of drug-likeness (QED) is 0.838. The van der Waals surface area contributed by atoms with Crippen LogP contribution in [0.1, 0.15) is 11.4 Å². The largest absolute Gasteiger partial charge is 0.447 e. The summed E-state index contributed by atoms with van der Waals surface area (Å²) in [5.74, 6) is 0.461. The van der Waals surface area contributed by atoms with E-state index in [2.05, 4.69) is 10.3 Å². The zero-order valence-electron chi connectivity index (χ0n) is 15.2. The van der Waals surface area contributed by atoms with Gasteiger partial charge in [0, 0.05) is 45.8 Å². The SMILES string of the molecule is CN(C)c1ccc(CNC(=O)[C@@H]2COC(=O)N2Cc2nccn2C)cc1. The fourth-order valence-electron chi connectivity index (χ4n) is 2.76. The molecule has 1 N–H and O–H groups in total. The third kappa shape index (κ3) is 3.79. The van der Waals surface area contributed by atoms with Crippen molar-refractivity contribution in [3.05, 3.63) is 48.0 Å². The van der Waals surface area contributed by atoms with Gasteiger partial charge in [-0.25, -0.2) is 9.78 Å². The van der Waals surface area contributed by atoms with E-state index in [0.717, 1.165) is 11.3 Å². The van der Waals surface area contributed by atoms with Crippen molar-refractivity contribution in [3.8, 4) is 0 Å². The fourth-order valence-corrected chi connectivity index (χ4v) is 2.76. The highest BCUT2D eigenvalue weighted by molar-refractivity contribution is 5.87. The van der Waals surface area contributed by atoms with Gasteiger partial charge in [0.25, 0.3) is 0 Å². The summed E-state index contributed by atoms with van der Waals surface area (Å²) in [6, 6.07) is 7.28. The maximum absolute atomic E-state index is 12.5. The molecule has 1 aliphatic rings. The molecule has 3 rings (SSSR count). The lowest BCUT2D eigenvalue weighted by Crippen LogP contribution is -2.45. The summed E-state index contributed by atoms with van der Waals surface area (Å²) in [6.07, 6.45) is 2.95. The summed E-state index contributed by atoms with van der Waals surface area (Å²) in [4.78, 5) is 32.2. The van der Waals surface area contributed by atoms with E-state index in [1.807, 2.05) is 54.9 Å². The lowest BCUT2D eigenvalue weighted by Gasteiger charge is -2.20. The van der Waals surface area contributed by atoms with Crippen LogP contribution >= 0.6 is 0 Å². The first kappa shape index (κ1) is 17.8. The molecule has 1 fully saturated rings. The summed E-state index contributed by atoms with van der Waals surface area (Å²) in [5, 5.41) is 2.88. The van der Waals surface area contributed by atoms with Crippen LogP contribution in [0.15, 0.2) is 36.7 Å². The molecule has 0 aliphatic carbocycles. The van der Waals surface area contributed by atoms with Crippen molar-refractivity contribution in [2.45, 2.75) is 19.1 Å². The Morgan fingerprint density at radius 2 is 2.08 bits per heavy atom. The molecule has 0 saturated carbocycles. The highest BCUT2D eigenvalue weighted by Gasteiger charge is 2.38. The second kappa shape index (κ2) is 7.47. The van der Waals surface area contributed by atoms with Gasteiger partial charge in [0.05, 0.1) is 6.54 Å².